The molecule has 0 saturated carbocycles. The first-order chi connectivity index (χ1) is 7.27. The summed E-state index contributed by atoms with van der Waals surface area (Å²) >= 11 is 8.22. The molecule has 2 rings (SSSR count). The maximum Gasteiger partial charge on any atom is 0.0449 e. The van der Waals surface area contributed by atoms with E-state index in [4.69, 9.17) is 11.6 Å². The van der Waals surface area contributed by atoms with E-state index in [0.29, 0.717) is 11.3 Å². The van der Waals surface area contributed by atoms with Gasteiger partial charge in [-0.15, -0.1) is 0 Å². The van der Waals surface area contributed by atoms with Crippen molar-refractivity contribution in [1.29, 1.82) is 0 Å². The summed E-state index contributed by atoms with van der Waals surface area (Å²) in [6, 6.07) is 6.68. The molecule has 2 atom stereocenters. The zero-order chi connectivity index (χ0) is 10.8. The lowest BCUT2D eigenvalue weighted by Crippen LogP contribution is -2.30. The topological polar surface area (TPSA) is 12.0 Å². The Morgan fingerprint density at radius 2 is 2.33 bits per heavy atom. The smallest absolute Gasteiger partial charge is 0.0449 e. The van der Waals surface area contributed by atoms with Gasteiger partial charge in [-0.2, -0.15) is 11.8 Å². The molecule has 1 N–H and O–H groups in total. The predicted molar refractivity (Wildman–Crippen MR) is 68.6 cm³/mol. The Kier molecular flexibility index (Phi) is 3.60. The first kappa shape index (κ1) is 11.3. The van der Waals surface area contributed by atoms with Gasteiger partial charge in [-0.1, -0.05) is 30.7 Å². The van der Waals surface area contributed by atoms with Crippen LogP contribution in [-0.2, 0) is 5.75 Å². The van der Waals surface area contributed by atoms with Gasteiger partial charge in [0.1, 0.15) is 0 Å². The van der Waals surface area contributed by atoms with Gasteiger partial charge in [0, 0.05) is 22.1 Å². The first-order valence-corrected chi connectivity index (χ1v) is 6.76. The van der Waals surface area contributed by atoms with E-state index in [9.17, 15) is 0 Å². The number of hydrogen-bond donors (Lipinski definition) is 1. The fourth-order valence-electron chi connectivity index (χ4n) is 2.20. The number of halogens is 1. The summed E-state index contributed by atoms with van der Waals surface area (Å²) in [4.78, 5) is 0. The second kappa shape index (κ2) is 4.77. The summed E-state index contributed by atoms with van der Waals surface area (Å²) < 4.78 is 0. The number of rotatable bonds is 2. The van der Waals surface area contributed by atoms with Crippen molar-refractivity contribution in [3.63, 3.8) is 0 Å². The van der Waals surface area contributed by atoms with Gasteiger partial charge in [0.2, 0.25) is 0 Å². The third kappa shape index (κ3) is 2.03. The lowest BCUT2D eigenvalue weighted by atomic mass is 9.97. The predicted octanol–water partition coefficient (Wildman–Crippen LogP) is 3.63. The maximum atomic E-state index is 6.21. The quantitative estimate of drug-likeness (QED) is 0.849. The highest BCUT2D eigenvalue weighted by Gasteiger charge is 2.28. The first-order valence-electron chi connectivity index (χ1n) is 5.34. The summed E-state index contributed by atoms with van der Waals surface area (Å²) in [6.07, 6.45) is 1.20. The molecule has 1 nitrogen and oxygen atoms in total. The largest absolute Gasteiger partial charge is 0.312 e. The van der Waals surface area contributed by atoms with Gasteiger partial charge in [0.25, 0.3) is 0 Å². The summed E-state index contributed by atoms with van der Waals surface area (Å²) in [6.45, 7) is 2.25. The molecule has 1 aromatic rings. The van der Waals surface area contributed by atoms with Crippen LogP contribution in [0.2, 0.25) is 5.02 Å². The highest BCUT2D eigenvalue weighted by atomic mass is 35.5. The van der Waals surface area contributed by atoms with Crippen LogP contribution in [-0.4, -0.2) is 12.3 Å². The highest BCUT2D eigenvalue weighted by molar-refractivity contribution is 7.99. The minimum absolute atomic E-state index is 0.447. The lowest BCUT2D eigenvalue weighted by Gasteiger charge is -2.32. The number of fused-ring (bicyclic) bond motifs is 1. The van der Waals surface area contributed by atoms with Crippen LogP contribution < -0.4 is 5.32 Å². The van der Waals surface area contributed by atoms with E-state index in [1.165, 1.54) is 17.5 Å². The molecule has 1 aliphatic rings. The molecule has 3 heteroatoms. The SMILES string of the molecule is CCC1SCc2c(Cl)cccc2C1NC. The Balaban J connectivity index is 2.41. The zero-order valence-corrected chi connectivity index (χ0v) is 10.7. The molecule has 0 aromatic heterocycles. The van der Waals surface area contributed by atoms with E-state index >= 15 is 0 Å². The molecular weight excluding hydrogens is 226 g/mol. The Labute approximate surface area is 101 Å². The van der Waals surface area contributed by atoms with Crippen LogP contribution in [0, 0.1) is 0 Å². The Hall–Kier alpha value is -0.180. The van der Waals surface area contributed by atoms with Crippen molar-refractivity contribution in [2.45, 2.75) is 30.4 Å². The molecule has 0 bridgehead atoms. The molecule has 0 radical (unpaired) electrons. The minimum atomic E-state index is 0.447. The van der Waals surface area contributed by atoms with Crippen LogP contribution in [0.25, 0.3) is 0 Å². The fraction of sp³-hybridized carbons (Fsp3) is 0.500. The molecule has 1 aliphatic heterocycles. The van der Waals surface area contributed by atoms with Crippen molar-refractivity contribution in [2.75, 3.05) is 7.05 Å². The molecule has 0 saturated heterocycles. The van der Waals surface area contributed by atoms with Gasteiger partial charge in [-0.25, -0.2) is 0 Å². The molecule has 0 fully saturated rings. The Bertz CT molecular complexity index is 353. The molecule has 0 aliphatic carbocycles. The summed E-state index contributed by atoms with van der Waals surface area (Å²) in [5.74, 6) is 1.05. The zero-order valence-electron chi connectivity index (χ0n) is 9.09. The van der Waals surface area contributed by atoms with Crippen LogP contribution in [0.3, 0.4) is 0 Å². The van der Waals surface area contributed by atoms with Gasteiger partial charge in [-0.05, 0) is 30.7 Å². The molecule has 1 heterocycles. The third-order valence-electron chi connectivity index (χ3n) is 3.02. The second-order valence-electron chi connectivity index (χ2n) is 3.83. The molecule has 1 aromatic carbocycles. The van der Waals surface area contributed by atoms with Crippen molar-refractivity contribution < 1.29 is 0 Å². The van der Waals surface area contributed by atoms with E-state index in [2.05, 4.69) is 18.3 Å². The normalized spacial score (nSPS) is 25.0. The molecule has 0 spiro atoms. The van der Waals surface area contributed by atoms with Crippen molar-refractivity contribution >= 4 is 23.4 Å². The van der Waals surface area contributed by atoms with Crippen LogP contribution in [0.5, 0.6) is 0 Å². The molecule has 82 valence electrons. The average molecular weight is 242 g/mol. The monoisotopic (exact) mass is 241 g/mol. The highest BCUT2D eigenvalue weighted by Crippen LogP contribution is 2.41. The Morgan fingerprint density at radius 1 is 1.53 bits per heavy atom. The van der Waals surface area contributed by atoms with E-state index < -0.39 is 0 Å². The van der Waals surface area contributed by atoms with E-state index in [1.54, 1.807) is 0 Å². The maximum absolute atomic E-state index is 6.21. The fourth-order valence-corrected chi connectivity index (χ4v) is 3.94. The van der Waals surface area contributed by atoms with Crippen molar-refractivity contribution in [3.8, 4) is 0 Å². The second-order valence-corrected chi connectivity index (χ2v) is 5.47. The summed E-state index contributed by atoms with van der Waals surface area (Å²) in [5.41, 5.74) is 2.70. The van der Waals surface area contributed by atoms with Crippen molar-refractivity contribution in [2.24, 2.45) is 0 Å². The van der Waals surface area contributed by atoms with Gasteiger partial charge in [0.15, 0.2) is 0 Å². The molecule has 2 unspecified atom stereocenters. The van der Waals surface area contributed by atoms with Gasteiger partial charge < -0.3 is 5.32 Å². The lowest BCUT2D eigenvalue weighted by molar-refractivity contribution is 0.546. The van der Waals surface area contributed by atoms with Crippen LogP contribution >= 0.6 is 23.4 Å². The standard InChI is InChI=1S/C12H16ClNS/c1-3-11-12(14-2)8-5-4-6-10(13)9(8)7-15-11/h4-6,11-12,14H,3,7H2,1-2H3. The van der Waals surface area contributed by atoms with Gasteiger partial charge >= 0.3 is 0 Å². The average Bonchev–Trinajstić information content (AvgIpc) is 2.28. The van der Waals surface area contributed by atoms with Crippen molar-refractivity contribution in [3.05, 3.63) is 34.3 Å². The number of hydrogen-bond acceptors (Lipinski definition) is 2. The number of nitrogens with one attached hydrogen (secondary N) is 1. The molecule has 0 amide bonds. The third-order valence-corrected chi connectivity index (χ3v) is 4.86. The van der Waals surface area contributed by atoms with Crippen LogP contribution in [0.1, 0.15) is 30.5 Å². The summed E-state index contributed by atoms with van der Waals surface area (Å²) in [5, 5.41) is 4.99. The van der Waals surface area contributed by atoms with Gasteiger partial charge in [0.05, 0.1) is 0 Å². The summed E-state index contributed by atoms with van der Waals surface area (Å²) in [7, 11) is 2.03. The van der Waals surface area contributed by atoms with Crippen molar-refractivity contribution in [1.82, 2.24) is 5.32 Å². The Morgan fingerprint density at radius 3 is 3.00 bits per heavy atom. The van der Waals surface area contributed by atoms with E-state index in [-0.39, 0.29) is 0 Å². The molecule has 15 heavy (non-hydrogen) atoms. The molecular formula is C12H16ClNS. The van der Waals surface area contributed by atoms with E-state index in [0.717, 1.165) is 10.8 Å². The van der Waals surface area contributed by atoms with Crippen LogP contribution in [0.15, 0.2) is 18.2 Å². The van der Waals surface area contributed by atoms with Crippen LogP contribution in [0.4, 0.5) is 0 Å². The van der Waals surface area contributed by atoms with Gasteiger partial charge in [-0.3, -0.25) is 0 Å². The minimum Gasteiger partial charge on any atom is -0.312 e. The van der Waals surface area contributed by atoms with E-state index in [1.807, 2.05) is 30.9 Å². The number of thioether (sulfide) groups is 1. The number of benzene rings is 1.